The van der Waals surface area contributed by atoms with Gasteiger partial charge in [-0.05, 0) is 118 Å². The van der Waals surface area contributed by atoms with Crippen molar-refractivity contribution in [3.8, 4) is 17.4 Å². The van der Waals surface area contributed by atoms with Crippen molar-refractivity contribution < 1.29 is 13.0 Å². The number of para-hydroxylation sites is 3. The molecule has 0 fully saturated rings. The molecular formula is C59H55B2N7O. The highest BCUT2D eigenvalue weighted by molar-refractivity contribution is 6.67. The molecule has 338 valence electrons. The molecule has 10 heteroatoms. The van der Waals surface area contributed by atoms with Gasteiger partial charge in [-0.1, -0.05) is 107 Å². The van der Waals surface area contributed by atoms with Crippen LogP contribution in [-0.4, -0.2) is 35.8 Å². The molecule has 0 bridgehead atoms. The van der Waals surface area contributed by atoms with Crippen LogP contribution in [0.3, 0.4) is 0 Å². The normalized spacial score (nSPS) is 20.5. The van der Waals surface area contributed by atoms with Crippen LogP contribution in [0.4, 0.5) is 22.7 Å². The van der Waals surface area contributed by atoms with Gasteiger partial charge in [-0.15, -0.1) is 12.0 Å². The molecule has 0 aliphatic carbocycles. The van der Waals surface area contributed by atoms with Crippen molar-refractivity contribution in [1.82, 2.24) is 25.2 Å². The Morgan fingerprint density at radius 2 is 1.28 bits per heavy atom. The lowest BCUT2D eigenvalue weighted by Gasteiger charge is -2.31. The molecule has 8 nitrogen and oxygen atoms in total. The number of hydrogen-bond acceptors (Lipinski definition) is 7. The average molecular weight is 906 g/mol. The van der Waals surface area contributed by atoms with Gasteiger partial charge in [0.1, 0.15) is 18.2 Å². The van der Waals surface area contributed by atoms with Crippen LogP contribution in [0.1, 0.15) is 72.0 Å². The fourth-order valence-corrected chi connectivity index (χ4v) is 8.72. The molecule has 3 aromatic heterocycles. The van der Waals surface area contributed by atoms with Gasteiger partial charge in [-0.3, -0.25) is 4.57 Å². The zero-order chi connectivity index (χ0) is 52.8. The lowest BCUT2D eigenvalue weighted by Crippen LogP contribution is -2.26. The number of benzene rings is 4. The highest BCUT2D eigenvalue weighted by Gasteiger charge is 2.33. The Morgan fingerprint density at radius 3 is 1.96 bits per heavy atom. The number of ether oxygens (including phenoxy) is 1. The lowest BCUT2D eigenvalue weighted by atomic mass is 9.62. The van der Waals surface area contributed by atoms with Crippen LogP contribution >= 0.6 is 0 Å². The molecule has 10 rings (SSSR count). The Hall–Kier alpha value is -7.97. The van der Waals surface area contributed by atoms with Gasteiger partial charge in [0, 0.05) is 65.8 Å². The third kappa shape index (κ3) is 9.35. The van der Waals surface area contributed by atoms with E-state index >= 15 is 0 Å². The minimum absolute atomic E-state index is 0.0790. The minimum atomic E-state index is -0.345. The van der Waals surface area contributed by atoms with Gasteiger partial charge >= 0.3 is 0 Å². The van der Waals surface area contributed by atoms with Crippen LogP contribution < -0.4 is 25.2 Å². The molecule has 2 N–H and O–H groups in total. The lowest BCUT2D eigenvalue weighted by molar-refractivity contribution is 0.463. The molecule has 6 heterocycles. The number of aromatic nitrogens is 3. The Morgan fingerprint density at radius 1 is 0.623 bits per heavy atom. The molecular weight excluding hydrogens is 844 g/mol. The highest BCUT2D eigenvalue weighted by Crippen LogP contribution is 2.49. The number of fused-ring (bicyclic) bond motifs is 4. The molecule has 4 aromatic carbocycles. The third-order valence-electron chi connectivity index (χ3n) is 12.3. The van der Waals surface area contributed by atoms with Gasteiger partial charge in [-0.25, -0.2) is 9.97 Å². The van der Waals surface area contributed by atoms with E-state index in [9.17, 15) is 1.37 Å². The standard InChI is InChI=1S/C59H55B2N7O/c1-58(2,3)41-25-33-64-55(37-41)68-51-20-8-7-17-45(51)46-24-23-44(39-54(46)68)69-56-38-43(26-34-65-56)66-40-67(53-22-10-9-21-52(53)66)57-47(49-18-15-31-62-29-13-11-27-60-49)35-42(59(4,5)6)36-48(57)50-19-16-32-63-30-14-12-28-61-50/h7-39,62-63H,40H2,1-6H3/b27-11-,28-12-,29-13-,30-14-,31-15-,32-16-,49-18-,50-19-/i7D,8D,17D,20D,26D,34D. The molecule has 2 radical (unpaired) electrons. The van der Waals surface area contributed by atoms with Crippen LogP contribution in [0.5, 0.6) is 11.6 Å². The summed E-state index contributed by atoms with van der Waals surface area (Å²) in [6.45, 7) is 13.2. The predicted molar refractivity (Wildman–Crippen MR) is 291 cm³/mol. The number of allylic oxidation sites excluding steroid dienone is 8. The summed E-state index contributed by atoms with van der Waals surface area (Å²) in [4.78, 5) is 13.5. The quantitative estimate of drug-likeness (QED) is 0.154. The summed E-state index contributed by atoms with van der Waals surface area (Å²) >= 11 is 0. The Bertz CT molecular complexity index is 3620. The molecule has 0 saturated heterocycles. The Kier molecular flexibility index (Phi) is 10.5. The van der Waals surface area contributed by atoms with E-state index in [0.29, 0.717) is 39.1 Å². The first-order valence-corrected chi connectivity index (χ1v) is 23.1. The SMILES string of the molecule is [2H]c1nc(Oc2ccc3c4c([2H])c([2H])c([2H])c([2H])c4n(-c4cc(C(C)(C)C)ccn4)c3c2)cc(N2CN(c3c(/C4=C/C=C\N/C=C\C=C/[B]4)cc(C(C)(C)C)cc3/C3=C/C=C\N/C=C\C=C/[B]3)c3ccccc32)c1[2H]. The summed E-state index contributed by atoms with van der Waals surface area (Å²) in [5.41, 5.74) is 9.58. The van der Waals surface area contributed by atoms with Crippen molar-refractivity contribution in [2.24, 2.45) is 0 Å². The molecule has 0 unspecified atom stereocenters. The van der Waals surface area contributed by atoms with Gasteiger partial charge in [0.2, 0.25) is 5.88 Å². The fourth-order valence-electron chi connectivity index (χ4n) is 8.72. The molecule has 69 heavy (non-hydrogen) atoms. The average Bonchev–Trinajstić information content (AvgIpc) is 4.03. The van der Waals surface area contributed by atoms with Gasteiger partial charge in [0.05, 0.1) is 36.3 Å². The van der Waals surface area contributed by atoms with Gasteiger partial charge in [0.25, 0.3) is 0 Å². The third-order valence-corrected chi connectivity index (χ3v) is 12.3. The van der Waals surface area contributed by atoms with Crippen molar-refractivity contribution in [3.05, 3.63) is 223 Å². The second-order valence-electron chi connectivity index (χ2n) is 19.0. The maximum absolute atomic E-state index is 9.42. The number of hydrogen-bond donors (Lipinski definition) is 2. The maximum atomic E-state index is 9.42. The fraction of sp³-hybridized carbons (Fsp3) is 0.153. The molecule has 0 saturated carbocycles. The Balaban J connectivity index is 1.12. The van der Waals surface area contributed by atoms with E-state index in [1.165, 1.54) is 0 Å². The summed E-state index contributed by atoms with van der Waals surface area (Å²) in [5.74, 6) is 5.00. The summed E-state index contributed by atoms with van der Waals surface area (Å²) < 4.78 is 62.2. The summed E-state index contributed by atoms with van der Waals surface area (Å²) in [5, 5.41) is 7.38. The van der Waals surface area contributed by atoms with Crippen molar-refractivity contribution in [1.29, 1.82) is 0 Å². The number of nitrogens with zero attached hydrogens (tertiary/aromatic N) is 5. The van der Waals surface area contributed by atoms with Gasteiger partial charge in [0.15, 0.2) is 14.6 Å². The van der Waals surface area contributed by atoms with Crippen LogP contribution in [0.2, 0.25) is 0 Å². The molecule has 3 aliphatic heterocycles. The number of anilines is 4. The second kappa shape index (κ2) is 19.0. The molecule has 0 spiro atoms. The second-order valence-corrected chi connectivity index (χ2v) is 19.0. The van der Waals surface area contributed by atoms with Crippen LogP contribution in [0.25, 0.3) is 38.6 Å². The number of pyridine rings is 2. The topological polar surface area (TPSA) is 70.5 Å². The first kappa shape index (κ1) is 38.0. The van der Waals surface area contributed by atoms with E-state index in [-0.39, 0.29) is 59.8 Å². The summed E-state index contributed by atoms with van der Waals surface area (Å²) in [7, 11) is 4.26. The number of nitrogens with one attached hydrogen (secondary N) is 2. The summed E-state index contributed by atoms with van der Waals surface area (Å²) in [6.07, 6.45) is 25.1. The van der Waals surface area contributed by atoms with Crippen molar-refractivity contribution >= 4 is 70.1 Å². The maximum Gasteiger partial charge on any atom is 0.221 e. The van der Waals surface area contributed by atoms with E-state index < -0.39 is 0 Å². The molecule has 0 amide bonds. The van der Waals surface area contributed by atoms with Crippen LogP contribution in [0, 0.1) is 0 Å². The zero-order valence-corrected chi connectivity index (χ0v) is 39.6. The summed E-state index contributed by atoms with van der Waals surface area (Å²) in [6, 6.07) is 22.5. The molecule has 0 atom stereocenters. The zero-order valence-electron chi connectivity index (χ0n) is 45.6. The number of rotatable bonds is 7. The monoisotopic (exact) mass is 906 g/mol. The van der Waals surface area contributed by atoms with Crippen LogP contribution in [0.15, 0.2) is 201 Å². The van der Waals surface area contributed by atoms with E-state index in [1.807, 2.05) is 108 Å². The van der Waals surface area contributed by atoms with Crippen LogP contribution in [-0.2, 0) is 10.8 Å². The minimum Gasteiger partial charge on any atom is -0.439 e. The van der Waals surface area contributed by atoms with Crippen molar-refractivity contribution in [2.45, 2.75) is 52.4 Å². The van der Waals surface area contributed by atoms with E-state index in [2.05, 4.69) is 107 Å². The highest BCUT2D eigenvalue weighted by atomic mass is 16.5. The Labute approximate surface area is 416 Å². The van der Waals surface area contributed by atoms with Gasteiger partial charge in [-0.2, -0.15) is 0 Å². The van der Waals surface area contributed by atoms with Crippen molar-refractivity contribution in [2.75, 3.05) is 16.5 Å². The van der Waals surface area contributed by atoms with E-state index in [4.69, 9.17) is 16.6 Å². The molecule has 7 aromatic rings. The smallest absolute Gasteiger partial charge is 0.221 e. The van der Waals surface area contributed by atoms with E-state index in [0.717, 1.165) is 50.3 Å². The van der Waals surface area contributed by atoms with Gasteiger partial charge < -0.3 is 25.2 Å². The first-order valence-electron chi connectivity index (χ1n) is 26.1. The largest absolute Gasteiger partial charge is 0.439 e. The van der Waals surface area contributed by atoms with Crippen molar-refractivity contribution in [3.63, 3.8) is 0 Å². The predicted octanol–water partition coefficient (Wildman–Crippen LogP) is 13.6. The first-order chi connectivity index (χ1) is 36.0. The van der Waals surface area contributed by atoms with E-state index in [1.54, 1.807) is 35.0 Å². The molecule has 3 aliphatic rings.